The van der Waals surface area contributed by atoms with E-state index >= 15 is 0 Å². The Hall–Kier alpha value is -4.46. The molecule has 8 heteroatoms. The van der Waals surface area contributed by atoms with Crippen LogP contribution in [0.3, 0.4) is 0 Å². The highest BCUT2D eigenvalue weighted by molar-refractivity contribution is 6.51. The van der Waals surface area contributed by atoms with Crippen LogP contribution in [-0.2, 0) is 9.59 Å². The lowest BCUT2D eigenvalue weighted by molar-refractivity contribution is -0.132. The highest BCUT2D eigenvalue weighted by Crippen LogP contribution is 2.47. The Labute approximate surface area is 222 Å². The van der Waals surface area contributed by atoms with Gasteiger partial charge in [0.25, 0.3) is 11.7 Å². The van der Waals surface area contributed by atoms with Gasteiger partial charge in [0.05, 0.1) is 39.6 Å². The number of ether oxygens (including phenoxy) is 4. The number of aliphatic hydroxyl groups excluding tert-OH is 1. The Balaban J connectivity index is 1.99. The van der Waals surface area contributed by atoms with E-state index < -0.39 is 17.7 Å². The van der Waals surface area contributed by atoms with Gasteiger partial charge in [0, 0.05) is 11.3 Å². The van der Waals surface area contributed by atoms with E-state index in [2.05, 4.69) is 0 Å². The van der Waals surface area contributed by atoms with Crippen molar-refractivity contribution in [2.24, 2.45) is 0 Å². The van der Waals surface area contributed by atoms with Crippen LogP contribution in [0.4, 0.5) is 5.69 Å². The van der Waals surface area contributed by atoms with Crippen LogP contribution in [0.25, 0.3) is 5.76 Å². The first-order valence-corrected chi connectivity index (χ1v) is 12.3. The minimum atomic E-state index is -0.968. The number of rotatable bonds is 9. The molecule has 0 spiro atoms. The fourth-order valence-corrected chi connectivity index (χ4v) is 4.60. The van der Waals surface area contributed by atoms with E-state index in [-0.39, 0.29) is 11.3 Å². The first-order valence-electron chi connectivity index (χ1n) is 12.3. The Morgan fingerprint density at radius 1 is 0.921 bits per heavy atom. The molecule has 0 bridgehead atoms. The van der Waals surface area contributed by atoms with Crippen LogP contribution < -0.4 is 23.8 Å². The summed E-state index contributed by atoms with van der Waals surface area (Å²) in [6.45, 7) is 4.36. The molecule has 1 unspecified atom stereocenters. The average molecular weight is 518 g/mol. The van der Waals surface area contributed by atoms with Gasteiger partial charge in [-0.25, -0.2) is 0 Å². The minimum Gasteiger partial charge on any atom is -0.507 e. The smallest absolute Gasteiger partial charge is 0.300 e. The third-order valence-electron chi connectivity index (χ3n) is 6.40. The summed E-state index contributed by atoms with van der Waals surface area (Å²) in [5.74, 6) is -0.234. The first kappa shape index (κ1) is 26.6. The van der Waals surface area contributed by atoms with Gasteiger partial charge in [-0.05, 0) is 54.8 Å². The van der Waals surface area contributed by atoms with Crippen LogP contribution in [0.15, 0.2) is 66.2 Å². The third-order valence-corrected chi connectivity index (χ3v) is 6.40. The van der Waals surface area contributed by atoms with E-state index in [1.807, 2.05) is 26.0 Å². The van der Waals surface area contributed by atoms with Gasteiger partial charge >= 0.3 is 0 Å². The van der Waals surface area contributed by atoms with E-state index in [0.29, 0.717) is 46.4 Å². The molecular formula is C30H31NO7. The Morgan fingerprint density at radius 2 is 1.61 bits per heavy atom. The van der Waals surface area contributed by atoms with Crippen molar-refractivity contribution < 1.29 is 33.6 Å². The van der Waals surface area contributed by atoms with E-state index in [1.54, 1.807) is 48.5 Å². The quantitative estimate of drug-likeness (QED) is 0.230. The summed E-state index contributed by atoms with van der Waals surface area (Å²) in [6.07, 6.45) is 0.818. The van der Waals surface area contributed by atoms with Crippen molar-refractivity contribution in [1.29, 1.82) is 0 Å². The van der Waals surface area contributed by atoms with Crippen LogP contribution in [-0.4, -0.2) is 44.7 Å². The highest BCUT2D eigenvalue weighted by Gasteiger charge is 2.47. The van der Waals surface area contributed by atoms with Crippen molar-refractivity contribution in [2.45, 2.75) is 26.3 Å². The number of hydrogen-bond acceptors (Lipinski definition) is 7. The Bertz CT molecular complexity index is 1370. The van der Waals surface area contributed by atoms with Crippen molar-refractivity contribution >= 4 is 23.1 Å². The second kappa shape index (κ2) is 11.3. The van der Waals surface area contributed by atoms with Crippen LogP contribution >= 0.6 is 0 Å². The molecule has 1 atom stereocenters. The number of aryl methyl sites for hydroxylation is 1. The molecule has 1 N–H and O–H groups in total. The fourth-order valence-electron chi connectivity index (χ4n) is 4.60. The van der Waals surface area contributed by atoms with Crippen LogP contribution in [0.2, 0.25) is 0 Å². The van der Waals surface area contributed by atoms with E-state index in [4.69, 9.17) is 18.9 Å². The van der Waals surface area contributed by atoms with Crippen LogP contribution in [0.5, 0.6) is 23.0 Å². The first-order chi connectivity index (χ1) is 18.4. The number of benzene rings is 3. The molecule has 0 aliphatic carbocycles. The number of ketones is 1. The summed E-state index contributed by atoms with van der Waals surface area (Å²) < 4.78 is 22.3. The Kier molecular flexibility index (Phi) is 7.90. The zero-order chi connectivity index (χ0) is 27.4. The number of nitrogens with zero attached hydrogens (tertiary/aromatic N) is 1. The Morgan fingerprint density at radius 3 is 2.21 bits per heavy atom. The molecule has 1 aliphatic rings. The SMILES string of the molecule is CCCOc1cccc(/C(O)=C2\C(=O)C(=O)N(c3ccccc3C)C2c2cc(OC)c(OC)c(OC)c2)c1. The predicted molar refractivity (Wildman–Crippen MR) is 144 cm³/mol. The number of methoxy groups -OCH3 is 3. The molecule has 0 aromatic heterocycles. The van der Waals surface area contributed by atoms with Gasteiger partial charge in [0.2, 0.25) is 5.75 Å². The maximum atomic E-state index is 13.6. The van der Waals surface area contributed by atoms with Crippen molar-refractivity contribution in [2.75, 3.05) is 32.8 Å². The normalized spacial score (nSPS) is 16.4. The third kappa shape index (κ3) is 4.77. The van der Waals surface area contributed by atoms with Gasteiger partial charge in [-0.15, -0.1) is 0 Å². The monoisotopic (exact) mass is 517 g/mol. The number of Topliss-reactive ketones (excluding diaryl/α,β-unsaturated/α-hetero) is 1. The number of amides is 1. The summed E-state index contributed by atoms with van der Waals surface area (Å²) in [4.78, 5) is 28.5. The van der Waals surface area contributed by atoms with Crippen molar-refractivity contribution in [3.8, 4) is 23.0 Å². The second-order valence-electron chi connectivity index (χ2n) is 8.79. The van der Waals surface area contributed by atoms with Gasteiger partial charge in [-0.2, -0.15) is 0 Å². The summed E-state index contributed by atoms with van der Waals surface area (Å²) in [7, 11) is 4.47. The van der Waals surface area contributed by atoms with Gasteiger partial charge in [0.15, 0.2) is 11.5 Å². The number of carbonyl (C=O) groups is 2. The van der Waals surface area contributed by atoms with Gasteiger partial charge in [-0.3, -0.25) is 14.5 Å². The maximum Gasteiger partial charge on any atom is 0.300 e. The highest BCUT2D eigenvalue weighted by atomic mass is 16.5. The number of anilines is 1. The maximum absolute atomic E-state index is 13.6. The van der Waals surface area contributed by atoms with Crippen molar-refractivity contribution in [1.82, 2.24) is 0 Å². The van der Waals surface area contributed by atoms with Crippen LogP contribution in [0, 0.1) is 6.92 Å². The lowest BCUT2D eigenvalue weighted by atomic mass is 9.94. The molecule has 3 aromatic carbocycles. The summed E-state index contributed by atoms with van der Waals surface area (Å²) in [5.41, 5.74) is 2.15. The van der Waals surface area contributed by atoms with E-state index in [1.165, 1.54) is 26.2 Å². The zero-order valence-corrected chi connectivity index (χ0v) is 22.1. The molecule has 1 amide bonds. The molecule has 8 nitrogen and oxygen atoms in total. The van der Waals surface area contributed by atoms with E-state index in [0.717, 1.165) is 12.0 Å². The van der Waals surface area contributed by atoms with Crippen molar-refractivity contribution in [3.63, 3.8) is 0 Å². The lowest BCUT2D eigenvalue weighted by Gasteiger charge is -2.27. The predicted octanol–water partition coefficient (Wildman–Crippen LogP) is 5.44. The number of hydrogen-bond donors (Lipinski definition) is 1. The average Bonchev–Trinajstić information content (AvgIpc) is 3.20. The molecule has 4 rings (SSSR count). The molecule has 0 radical (unpaired) electrons. The minimum absolute atomic E-state index is 0.0554. The zero-order valence-electron chi connectivity index (χ0n) is 22.1. The molecule has 1 aliphatic heterocycles. The molecule has 198 valence electrons. The van der Waals surface area contributed by atoms with E-state index in [9.17, 15) is 14.7 Å². The van der Waals surface area contributed by atoms with Gasteiger partial charge in [-0.1, -0.05) is 37.3 Å². The summed E-state index contributed by atoms with van der Waals surface area (Å²) in [5, 5.41) is 11.5. The van der Waals surface area contributed by atoms with Crippen LogP contribution in [0.1, 0.15) is 36.1 Å². The molecule has 3 aromatic rings. The molecular weight excluding hydrogens is 486 g/mol. The van der Waals surface area contributed by atoms with Crippen molar-refractivity contribution in [3.05, 3.63) is 82.9 Å². The molecule has 1 heterocycles. The fraction of sp³-hybridized carbons (Fsp3) is 0.267. The molecule has 38 heavy (non-hydrogen) atoms. The standard InChI is InChI=1S/C30H31NO7/c1-6-14-38-21-12-9-11-19(15-21)27(32)25-26(20-16-23(35-3)29(37-5)24(17-20)36-4)31(30(34)28(25)33)22-13-8-7-10-18(22)2/h7-13,15-17,26,32H,6,14H2,1-5H3/b27-25+. The number of carbonyl (C=O) groups excluding carboxylic acids is 2. The van der Waals surface area contributed by atoms with Gasteiger partial charge < -0.3 is 24.1 Å². The number of aliphatic hydroxyl groups is 1. The molecule has 1 fully saturated rings. The topological polar surface area (TPSA) is 94.5 Å². The molecule has 0 saturated carbocycles. The second-order valence-corrected chi connectivity index (χ2v) is 8.79. The summed E-state index contributed by atoms with van der Waals surface area (Å²) in [6, 6.07) is 16.5. The largest absolute Gasteiger partial charge is 0.507 e. The molecule has 1 saturated heterocycles. The summed E-state index contributed by atoms with van der Waals surface area (Å²) >= 11 is 0. The van der Waals surface area contributed by atoms with Gasteiger partial charge in [0.1, 0.15) is 11.5 Å². The lowest BCUT2D eigenvalue weighted by Crippen LogP contribution is -2.30. The number of para-hydroxylation sites is 1.